The molecule has 1 aromatic carbocycles. The summed E-state index contributed by atoms with van der Waals surface area (Å²) in [7, 11) is -3.96. The van der Waals surface area contributed by atoms with Gasteiger partial charge >= 0.3 is 10.1 Å². The molecule has 0 radical (unpaired) electrons. The molecule has 0 atom stereocenters. The van der Waals surface area contributed by atoms with Gasteiger partial charge in [-0.15, -0.1) is 11.3 Å². The summed E-state index contributed by atoms with van der Waals surface area (Å²) in [6, 6.07) is 6.50. The Morgan fingerprint density at radius 1 is 1.05 bits per heavy atom. The van der Waals surface area contributed by atoms with E-state index >= 15 is 0 Å². The average Bonchev–Trinajstić information content (AvgIpc) is 2.56. The number of hydrogen-bond donors (Lipinski definition) is 0. The van der Waals surface area contributed by atoms with E-state index in [1.165, 1.54) is 6.07 Å². The smallest absolute Gasteiger partial charge is 0.341 e. The molecule has 0 amide bonds. The number of aryl methyl sites for hydroxylation is 2. The van der Waals surface area contributed by atoms with Crippen molar-refractivity contribution in [2.24, 2.45) is 0 Å². The molecule has 1 heterocycles. The van der Waals surface area contributed by atoms with Crippen LogP contribution in [0.5, 0.6) is 5.75 Å². The van der Waals surface area contributed by atoms with Crippen molar-refractivity contribution in [3.63, 3.8) is 0 Å². The number of halogens is 2. The van der Waals surface area contributed by atoms with Crippen LogP contribution in [0.1, 0.15) is 11.1 Å². The molecule has 3 nitrogen and oxygen atoms in total. The molecule has 0 unspecified atom stereocenters. The first-order valence-electron chi connectivity index (χ1n) is 5.25. The largest absolute Gasteiger partial charge is 0.379 e. The fourth-order valence-corrected chi connectivity index (χ4v) is 4.67. The zero-order valence-electron chi connectivity index (χ0n) is 10.1. The van der Waals surface area contributed by atoms with Crippen LogP contribution in [-0.4, -0.2) is 8.42 Å². The molecule has 0 bridgehead atoms. The maximum Gasteiger partial charge on any atom is 0.341 e. The lowest BCUT2D eigenvalue weighted by atomic mass is 10.1. The predicted octanol–water partition coefficient (Wildman–Crippen LogP) is 4.44. The standard InChI is InChI=1S/C12H10Cl2O3S2/c1-7-3-8(2)5-9(4-7)17-19(15,16)10-6-11(13)18-12(10)14/h3-6H,1-2H3. The van der Waals surface area contributed by atoms with Crippen LogP contribution < -0.4 is 4.18 Å². The quantitative estimate of drug-likeness (QED) is 0.778. The third-order valence-electron chi connectivity index (χ3n) is 2.30. The molecule has 0 saturated heterocycles. The normalized spacial score (nSPS) is 11.6. The Morgan fingerprint density at radius 2 is 1.63 bits per heavy atom. The van der Waals surface area contributed by atoms with Crippen molar-refractivity contribution in [2.75, 3.05) is 0 Å². The number of benzene rings is 1. The van der Waals surface area contributed by atoms with E-state index in [0.29, 0.717) is 4.34 Å². The minimum absolute atomic E-state index is 0.0920. The van der Waals surface area contributed by atoms with Crippen molar-refractivity contribution in [2.45, 2.75) is 18.7 Å². The van der Waals surface area contributed by atoms with Gasteiger partial charge in [-0.3, -0.25) is 0 Å². The first-order chi connectivity index (χ1) is 8.78. The van der Waals surface area contributed by atoms with E-state index in [9.17, 15) is 8.42 Å². The van der Waals surface area contributed by atoms with Crippen molar-refractivity contribution >= 4 is 44.7 Å². The third kappa shape index (κ3) is 3.42. The molecule has 0 fully saturated rings. The second-order valence-corrected chi connectivity index (χ2v) is 7.85. The summed E-state index contributed by atoms with van der Waals surface area (Å²) in [6.45, 7) is 3.72. The molecule has 19 heavy (non-hydrogen) atoms. The molecule has 0 aliphatic rings. The molecule has 0 saturated carbocycles. The summed E-state index contributed by atoms with van der Waals surface area (Å²) >= 11 is 12.6. The van der Waals surface area contributed by atoms with Crippen molar-refractivity contribution in [3.05, 3.63) is 44.1 Å². The molecule has 102 valence electrons. The average molecular weight is 337 g/mol. The Balaban J connectivity index is 2.39. The van der Waals surface area contributed by atoms with Crippen LogP contribution in [0.3, 0.4) is 0 Å². The maximum atomic E-state index is 12.1. The number of hydrogen-bond acceptors (Lipinski definition) is 4. The van der Waals surface area contributed by atoms with Gasteiger partial charge in [0.1, 0.15) is 15.0 Å². The van der Waals surface area contributed by atoms with Gasteiger partial charge in [-0.2, -0.15) is 8.42 Å². The lowest BCUT2D eigenvalue weighted by Gasteiger charge is -2.07. The molecule has 2 aromatic rings. The summed E-state index contributed by atoms with van der Waals surface area (Å²) < 4.78 is 29.7. The van der Waals surface area contributed by atoms with Gasteiger partial charge in [-0.25, -0.2) is 0 Å². The maximum absolute atomic E-state index is 12.1. The molecule has 0 aliphatic carbocycles. The van der Waals surface area contributed by atoms with E-state index < -0.39 is 10.1 Å². The van der Waals surface area contributed by atoms with Crippen molar-refractivity contribution < 1.29 is 12.6 Å². The summed E-state index contributed by atoms with van der Waals surface area (Å²) in [4.78, 5) is -0.108. The van der Waals surface area contributed by atoms with Gasteiger partial charge in [0.15, 0.2) is 0 Å². The van der Waals surface area contributed by atoms with E-state index in [2.05, 4.69) is 0 Å². The van der Waals surface area contributed by atoms with Crippen molar-refractivity contribution in [1.82, 2.24) is 0 Å². The van der Waals surface area contributed by atoms with Crippen LogP contribution >= 0.6 is 34.5 Å². The van der Waals surface area contributed by atoms with Gasteiger partial charge in [0, 0.05) is 0 Å². The highest BCUT2D eigenvalue weighted by Crippen LogP contribution is 2.35. The Labute approximate surface area is 125 Å². The first-order valence-corrected chi connectivity index (χ1v) is 8.23. The van der Waals surface area contributed by atoms with E-state index in [1.54, 1.807) is 12.1 Å². The fraction of sp³-hybridized carbons (Fsp3) is 0.167. The van der Waals surface area contributed by atoms with E-state index in [4.69, 9.17) is 27.4 Å². The van der Waals surface area contributed by atoms with Crippen LogP contribution in [0.15, 0.2) is 29.2 Å². The second-order valence-electron chi connectivity index (χ2n) is 4.05. The molecule has 0 N–H and O–H groups in total. The Kier molecular flexibility index (Phi) is 4.11. The van der Waals surface area contributed by atoms with Crippen molar-refractivity contribution in [1.29, 1.82) is 0 Å². The number of rotatable bonds is 3. The lowest BCUT2D eigenvalue weighted by Crippen LogP contribution is -2.09. The summed E-state index contributed by atoms with van der Waals surface area (Å²) in [5.74, 6) is 0.260. The van der Waals surface area contributed by atoms with Crippen LogP contribution in [-0.2, 0) is 10.1 Å². The zero-order chi connectivity index (χ0) is 14.2. The van der Waals surface area contributed by atoms with Crippen LogP contribution in [0.25, 0.3) is 0 Å². The highest BCUT2D eigenvalue weighted by atomic mass is 35.5. The minimum atomic E-state index is -3.96. The minimum Gasteiger partial charge on any atom is -0.379 e. The molecule has 1 aromatic heterocycles. The Bertz CT molecular complexity index is 700. The van der Waals surface area contributed by atoms with E-state index in [0.717, 1.165) is 22.5 Å². The molecule has 0 spiro atoms. The zero-order valence-corrected chi connectivity index (χ0v) is 13.3. The molecule has 0 aliphatic heterocycles. The highest BCUT2D eigenvalue weighted by molar-refractivity contribution is 7.87. The Morgan fingerprint density at radius 3 is 2.11 bits per heavy atom. The van der Waals surface area contributed by atoms with Crippen molar-refractivity contribution in [3.8, 4) is 5.75 Å². The summed E-state index contributed by atoms with van der Waals surface area (Å²) in [5.41, 5.74) is 1.83. The monoisotopic (exact) mass is 336 g/mol. The second kappa shape index (κ2) is 5.32. The van der Waals surface area contributed by atoms with Gasteiger partial charge in [-0.05, 0) is 43.2 Å². The first kappa shape index (κ1) is 14.7. The third-order valence-corrected chi connectivity index (χ3v) is 5.30. The predicted molar refractivity (Wildman–Crippen MR) is 78.1 cm³/mol. The molecule has 2 rings (SSSR count). The van der Waals surface area contributed by atoms with Crippen LogP contribution in [0.2, 0.25) is 8.67 Å². The van der Waals surface area contributed by atoms with Crippen LogP contribution in [0, 0.1) is 13.8 Å². The van der Waals surface area contributed by atoms with E-state index in [1.807, 2.05) is 19.9 Å². The van der Waals surface area contributed by atoms with Gasteiger partial charge < -0.3 is 4.18 Å². The van der Waals surface area contributed by atoms with Crippen LogP contribution in [0.4, 0.5) is 0 Å². The fourth-order valence-electron chi connectivity index (χ4n) is 1.65. The molecule has 7 heteroatoms. The topological polar surface area (TPSA) is 43.4 Å². The highest BCUT2D eigenvalue weighted by Gasteiger charge is 2.23. The van der Waals surface area contributed by atoms with E-state index in [-0.39, 0.29) is 15.0 Å². The Hall–Kier alpha value is -0.750. The SMILES string of the molecule is Cc1cc(C)cc(OS(=O)(=O)c2cc(Cl)sc2Cl)c1. The molecular weight excluding hydrogens is 327 g/mol. The molecular formula is C12H10Cl2O3S2. The lowest BCUT2D eigenvalue weighted by molar-refractivity contribution is 0.486. The van der Waals surface area contributed by atoms with Gasteiger partial charge in [-0.1, -0.05) is 29.3 Å². The van der Waals surface area contributed by atoms with Gasteiger partial charge in [0.05, 0.1) is 4.34 Å². The summed E-state index contributed by atoms with van der Waals surface area (Å²) in [6.07, 6.45) is 0. The van der Waals surface area contributed by atoms with Gasteiger partial charge in [0.25, 0.3) is 0 Å². The van der Waals surface area contributed by atoms with Gasteiger partial charge in [0.2, 0.25) is 0 Å². The summed E-state index contributed by atoms with van der Waals surface area (Å²) in [5, 5.41) is 0. The number of thiophene rings is 1.